The topological polar surface area (TPSA) is 126 Å². The number of cyclic esters (lactones) is 1. The van der Waals surface area contributed by atoms with E-state index >= 15 is 0 Å². The molecule has 0 aromatic rings. The molecule has 8 nitrogen and oxygen atoms in total. The zero-order valence-electron chi connectivity index (χ0n) is 27.8. The fourth-order valence-electron chi connectivity index (χ4n) is 11.8. The second-order valence-electron chi connectivity index (χ2n) is 16.7. The van der Waals surface area contributed by atoms with Crippen LogP contribution >= 0.6 is 0 Å². The summed E-state index contributed by atoms with van der Waals surface area (Å²) < 4.78 is 18.0. The molecule has 8 heteroatoms. The number of fused-ring (bicyclic) bond motifs is 5. The molecule has 6 aliphatic rings. The molecular formula is C36H56O8. The van der Waals surface area contributed by atoms with Crippen molar-refractivity contribution in [3.05, 3.63) is 23.3 Å². The van der Waals surface area contributed by atoms with Gasteiger partial charge in [0, 0.05) is 5.57 Å². The molecular weight excluding hydrogens is 560 g/mol. The van der Waals surface area contributed by atoms with Gasteiger partial charge < -0.3 is 34.6 Å². The maximum Gasteiger partial charge on any atom is 0.335 e. The molecule has 14 unspecified atom stereocenters. The highest BCUT2D eigenvalue weighted by Gasteiger charge is 2.69. The van der Waals surface area contributed by atoms with Crippen molar-refractivity contribution in [3.8, 4) is 0 Å². The fraction of sp³-hybridized carbons (Fsp3) is 0.861. The Kier molecular flexibility index (Phi) is 8.28. The summed E-state index contributed by atoms with van der Waals surface area (Å²) in [5.41, 5.74) is 2.30. The van der Waals surface area contributed by atoms with Crippen molar-refractivity contribution in [1.82, 2.24) is 0 Å². The lowest BCUT2D eigenvalue weighted by molar-refractivity contribution is -0.331. The quantitative estimate of drug-likeness (QED) is 0.200. The SMILES string of the molecule is CC(C)=CC1C=C(C2CCC3(C)C2CCC2C4(C)CCC(OC5OC(CO)C(O)C(O)C5O)C(C)(C)C4CCC23C)C(=O)O1. The van der Waals surface area contributed by atoms with Crippen LogP contribution in [0.1, 0.15) is 99.8 Å². The zero-order valence-corrected chi connectivity index (χ0v) is 27.8. The smallest absolute Gasteiger partial charge is 0.335 e. The zero-order chi connectivity index (χ0) is 32.0. The monoisotopic (exact) mass is 616 g/mol. The van der Waals surface area contributed by atoms with Gasteiger partial charge in [0.2, 0.25) is 0 Å². The molecule has 0 aromatic heterocycles. The lowest BCUT2D eigenvalue weighted by Crippen LogP contribution is -2.65. The summed E-state index contributed by atoms with van der Waals surface area (Å²) in [6.45, 7) is 15.8. The van der Waals surface area contributed by atoms with Gasteiger partial charge in [-0.1, -0.05) is 40.2 Å². The highest BCUT2D eigenvalue weighted by atomic mass is 16.7. The number of rotatable bonds is 5. The first-order valence-corrected chi connectivity index (χ1v) is 17.1. The molecule has 2 heterocycles. The Hall–Kier alpha value is -1.29. The third-order valence-electron chi connectivity index (χ3n) is 14.2. The number of aliphatic hydroxyl groups is 4. The largest absolute Gasteiger partial charge is 0.450 e. The van der Waals surface area contributed by atoms with E-state index in [1.54, 1.807) is 0 Å². The van der Waals surface area contributed by atoms with Gasteiger partial charge in [-0.15, -0.1) is 0 Å². The van der Waals surface area contributed by atoms with Gasteiger partial charge in [-0.05, 0) is 123 Å². The standard InChI is InChI=1S/C36H56O8/c1-19(2)16-20-17-22(31(41)42-20)21-10-14-35(6)23(21)8-9-26-34(5)13-12-27(33(3,4)25(34)11-15-36(26,35)7)44-32-30(40)29(39)28(38)24(18-37)43-32/h16-17,20-21,23-30,32,37-40H,8-15,18H2,1-7H3. The highest BCUT2D eigenvalue weighted by molar-refractivity contribution is 5.92. The van der Waals surface area contributed by atoms with Crippen LogP contribution in [0.5, 0.6) is 0 Å². The maximum absolute atomic E-state index is 13.1. The van der Waals surface area contributed by atoms with Crippen molar-refractivity contribution in [2.24, 2.45) is 45.3 Å². The number of ether oxygens (including phenoxy) is 3. The van der Waals surface area contributed by atoms with E-state index in [1.165, 1.54) is 0 Å². The minimum atomic E-state index is -1.44. The number of hydrogen-bond acceptors (Lipinski definition) is 8. The number of esters is 1. The summed E-state index contributed by atoms with van der Waals surface area (Å²) in [4.78, 5) is 13.1. The van der Waals surface area contributed by atoms with E-state index in [4.69, 9.17) is 14.2 Å². The van der Waals surface area contributed by atoms with Crippen molar-refractivity contribution < 1.29 is 39.4 Å². The van der Waals surface area contributed by atoms with Crippen LogP contribution in [0.2, 0.25) is 0 Å². The normalized spacial score (nSPS) is 51.5. The predicted octanol–water partition coefficient (Wildman–Crippen LogP) is 4.67. The van der Waals surface area contributed by atoms with Gasteiger partial charge in [-0.3, -0.25) is 0 Å². The molecule has 1 saturated heterocycles. The van der Waals surface area contributed by atoms with Crippen LogP contribution in [0, 0.1) is 45.3 Å². The summed E-state index contributed by atoms with van der Waals surface area (Å²) in [5, 5.41) is 41.0. The molecule has 4 N–H and O–H groups in total. The van der Waals surface area contributed by atoms with Crippen LogP contribution in [0.25, 0.3) is 0 Å². The molecule has 0 radical (unpaired) electrons. The van der Waals surface area contributed by atoms with Crippen LogP contribution in [0.15, 0.2) is 23.3 Å². The van der Waals surface area contributed by atoms with Crippen LogP contribution in [-0.2, 0) is 19.0 Å². The van der Waals surface area contributed by atoms with Crippen LogP contribution < -0.4 is 0 Å². The highest BCUT2D eigenvalue weighted by Crippen LogP contribution is 2.75. The summed E-state index contributed by atoms with van der Waals surface area (Å²) >= 11 is 0. The molecule has 4 saturated carbocycles. The molecule has 5 fully saturated rings. The van der Waals surface area contributed by atoms with Gasteiger partial charge in [0.05, 0.1) is 12.7 Å². The summed E-state index contributed by atoms with van der Waals surface area (Å²) in [7, 11) is 0. The Labute approximate surface area is 263 Å². The van der Waals surface area contributed by atoms with Gasteiger partial charge in [0.25, 0.3) is 0 Å². The first kappa shape index (κ1) is 32.6. The van der Waals surface area contributed by atoms with E-state index in [0.29, 0.717) is 17.8 Å². The third kappa shape index (κ3) is 4.71. The molecule has 248 valence electrons. The Bertz CT molecular complexity index is 1190. The lowest BCUT2D eigenvalue weighted by atomic mass is 9.35. The fourth-order valence-corrected chi connectivity index (χ4v) is 11.8. The molecule has 0 bridgehead atoms. The first-order chi connectivity index (χ1) is 20.6. The van der Waals surface area contributed by atoms with Gasteiger partial charge >= 0.3 is 5.97 Å². The second kappa shape index (κ2) is 11.2. The summed E-state index contributed by atoms with van der Waals surface area (Å²) in [6.07, 6.45) is 5.93. The Morgan fingerprint density at radius 1 is 0.909 bits per heavy atom. The number of aliphatic hydroxyl groups excluding tert-OH is 4. The Morgan fingerprint density at radius 2 is 1.61 bits per heavy atom. The van der Waals surface area contributed by atoms with E-state index in [2.05, 4.69) is 40.7 Å². The molecule has 44 heavy (non-hydrogen) atoms. The van der Waals surface area contributed by atoms with Crippen LogP contribution in [0.4, 0.5) is 0 Å². The average Bonchev–Trinajstić information content (AvgIpc) is 3.48. The predicted molar refractivity (Wildman–Crippen MR) is 165 cm³/mol. The van der Waals surface area contributed by atoms with Crippen molar-refractivity contribution in [2.45, 2.75) is 143 Å². The number of allylic oxidation sites excluding steroid dienone is 1. The summed E-state index contributed by atoms with van der Waals surface area (Å²) in [6, 6.07) is 0. The molecule has 14 atom stereocenters. The average molecular weight is 617 g/mol. The minimum Gasteiger partial charge on any atom is -0.450 e. The molecule has 0 aromatic carbocycles. The van der Waals surface area contributed by atoms with Crippen molar-refractivity contribution in [2.75, 3.05) is 6.61 Å². The maximum atomic E-state index is 13.1. The van der Waals surface area contributed by atoms with E-state index in [-0.39, 0.29) is 45.8 Å². The molecule has 6 rings (SSSR count). The van der Waals surface area contributed by atoms with Gasteiger partial charge in [-0.25, -0.2) is 4.79 Å². The number of carbonyl (C=O) groups excluding carboxylic acids is 1. The molecule has 2 aliphatic heterocycles. The molecule has 0 spiro atoms. The second-order valence-corrected chi connectivity index (χ2v) is 16.7. The van der Waals surface area contributed by atoms with E-state index in [1.807, 2.05) is 19.9 Å². The molecule has 0 amide bonds. The Balaban J connectivity index is 1.22. The van der Waals surface area contributed by atoms with Gasteiger partial charge in [-0.2, -0.15) is 0 Å². The number of carbonyl (C=O) groups is 1. The lowest BCUT2D eigenvalue weighted by Gasteiger charge is -2.70. The van der Waals surface area contributed by atoms with Crippen LogP contribution in [0.3, 0.4) is 0 Å². The van der Waals surface area contributed by atoms with Crippen molar-refractivity contribution in [3.63, 3.8) is 0 Å². The van der Waals surface area contributed by atoms with Crippen molar-refractivity contribution >= 4 is 5.97 Å². The third-order valence-corrected chi connectivity index (χ3v) is 14.2. The van der Waals surface area contributed by atoms with Gasteiger partial charge in [0.1, 0.15) is 30.5 Å². The van der Waals surface area contributed by atoms with Crippen LogP contribution in [-0.4, -0.2) is 75.9 Å². The Morgan fingerprint density at radius 3 is 2.30 bits per heavy atom. The molecule has 4 aliphatic carbocycles. The summed E-state index contributed by atoms with van der Waals surface area (Å²) in [5.74, 6) is 1.59. The first-order valence-electron chi connectivity index (χ1n) is 17.1. The number of hydrogen-bond donors (Lipinski definition) is 4. The minimum absolute atomic E-state index is 0.121. The van der Waals surface area contributed by atoms with Gasteiger partial charge in [0.15, 0.2) is 6.29 Å². The van der Waals surface area contributed by atoms with E-state index < -0.39 is 37.3 Å². The van der Waals surface area contributed by atoms with Crippen molar-refractivity contribution in [1.29, 1.82) is 0 Å². The van der Waals surface area contributed by atoms with E-state index in [0.717, 1.165) is 62.5 Å². The van der Waals surface area contributed by atoms with E-state index in [9.17, 15) is 25.2 Å².